The number of aromatic nitrogens is 4. The van der Waals surface area contributed by atoms with Crippen LogP contribution in [0.15, 0.2) is 6.20 Å². The van der Waals surface area contributed by atoms with Crippen LogP contribution in [-0.4, -0.2) is 44.6 Å². The van der Waals surface area contributed by atoms with Gasteiger partial charge in [-0.15, -0.1) is 0 Å². The molecule has 0 radical (unpaired) electrons. The Bertz CT molecular complexity index is 814. The van der Waals surface area contributed by atoms with Crippen molar-refractivity contribution in [2.24, 2.45) is 0 Å². The van der Waals surface area contributed by atoms with Gasteiger partial charge in [-0.2, -0.15) is 5.10 Å². The van der Waals surface area contributed by atoms with Gasteiger partial charge in [0.05, 0.1) is 11.7 Å². The molecule has 1 saturated heterocycles. The van der Waals surface area contributed by atoms with Gasteiger partial charge in [0, 0.05) is 29.6 Å². The molecule has 0 unspecified atom stereocenters. The van der Waals surface area contributed by atoms with E-state index in [2.05, 4.69) is 32.4 Å². The van der Waals surface area contributed by atoms with Gasteiger partial charge in [-0.1, -0.05) is 0 Å². The van der Waals surface area contributed by atoms with Crippen LogP contribution in [0, 0.1) is 6.92 Å². The smallest absolute Gasteiger partial charge is 0.272 e. The normalized spacial score (nSPS) is 20.2. The molecule has 1 atom stereocenters. The second kappa shape index (κ2) is 7.15. The van der Waals surface area contributed by atoms with Gasteiger partial charge < -0.3 is 5.32 Å². The molecule has 1 aliphatic carbocycles. The minimum absolute atomic E-state index is 0.115. The monoisotopic (exact) mass is 354 g/mol. The summed E-state index contributed by atoms with van der Waals surface area (Å²) in [5.74, 6) is 0.660. The summed E-state index contributed by atoms with van der Waals surface area (Å²) in [6.45, 7) is 3.43. The van der Waals surface area contributed by atoms with Crippen LogP contribution in [0.25, 0.3) is 0 Å². The third kappa shape index (κ3) is 3.23. The average molecular weight is 354 g/mol. The molecular weight excluding hydrogens is 328 g/mol. The third-order valence-corrected chi connectivity index (χ3v) is 5.57. The quantitative estimate of drug-likeness (QED) is 0.878. The van der Waals surface area contributed by atoms with Crippen LogP contribution in [-0.2, 0) is 19.4 Å². The summed E-state index contributed by atoms with van der Waals surface area (Å²) in [5, 5.41) is 10.3. The third-order valence-electron chi connectivity index (χ3n) is 5.57. The summed E-state index contributed by atoms with van der Waals surface area (Å²) in [4.78, 5) is 24.0. The summed E-state index contributed by atoms with van der Waals surface area (Å²) < 4.78 is 0. The minimum Gasteiger partial charge on any atom is -0.346 e. The van der Waals surface area contributed by atoms with E-state index in [0.717, 1.165) is 67.0 Å². The Kier molecular flexibility index (Phi) is 4.72. The molecule has 2 N–H and O–H groups in total. The maximum Gasteiger partial charge on any atom is 0.272 e. The number of aryl methyl sites for hydroxylation is 2. The van der Waals surface area contributed by atoms with Crippen LogP contribution in [0.2, 0.25) is 0 Å². The lowest BCUT2D eigenvalue weighted by Gasteiger charge is -2.21. The number of amides is 1. The zero-order chi connectivity index (χ0) is 18.1. The summed E-state index contributed by atoms with van der Waals surface area (Å²) in [6, 6.07) is 0.307. The van der Waals surface area contributed by atoms with Gasteiger partial charge in [0.1, 0.15) is 5.82 Å². The van der Waals surface area contributed by atoms with Gasteiger partial charge in [-0.25, -0.2) is 9.97 Å². The van der Waals surface area contributed by atoms with Gasteiger partial charge in [-0.3, -0.25) is 14.8 Å². The number of likely N-dealkylation sites (tertiary alicyclic amines) is 1. The molecule has 7 nitrogen and oxygen atoms in total. The number of hydrogen-bond acceptors (Lipinski definition) is 5. The molecule has 2 aliphatic rings. The van der Waals surface area contributed by atoms with Crippen molar-refractivity contribution in [2.75, 3.05) is 13.6 Å². The first-order valence-corrected chi connectivity index (χ1v) is 9.50. The number of fused-ring (bicyclic) bond motifs is 1. The topological polar surface area (TPSA) is 86.8 Å². The van der Waals surface area contributed by atoms with E-state index in [1.54, 1.807) is 0 Å². The molecule has 0 bridgehead atoms. The van der Waals surface area contributed by atoms with E-state index >= 15 is 0 Å². The van der Waals surface area contributed by atoms with Crippen molar-refractivity contribution in [3.8, 4) is 0 Å². The van der Waals surface area contributed by atoms with Crippen LogP contribution >= 0.6 is 0 Å². The first-order chi connectivity index (χ1) is 12.6. The Morgan fingerprint density at radius 1 is 1.35 bits per heavy atom. The van der Waals surface area contributed by atoms with Crippen molar-refractivity contribution in [2.45, 2.75) is 58.0 Å². The highest BCUT2D eigenvalue weighted by atomic mass is 16.1. The van der Waals surface area contributed by atoms with E-state index in [1.807, 2.05) is 13.1 Å². The molecule has 7 heteroatoms. The van der Waals surface area contributed by atoms with Crippen LogP contribution < -0.4 is 5.32 Å². The van der Waals surface area contributed by atoms with Crippen LogP contribution in [0.1, 0.15) is 70.6 Å². The molecule has 138 valence electrons. The van der Waals surface area contributed by atoms with Crippen molar-refractivity contribution in [1.29, 1.82) is 0 Å². The highest BCUT2D eigenvalue weighted by molar-refractivity contribution is 5.94. The fraction of sp³-hybridized carbons (Fsp3) is 0.579. The molecule has 1 amide bonds. The van der Waals surface area contributed by atoms with Gasteiger partial charge in [-0.05, 0) is 59.0 Å². The summed E-state index contributed by atoms with van der Waals surface area (Å²) in [7, 11) is 2.13. The molecule has 1 fully saturated rings. The first kappa shape index (κ1) is 17.1. The highest BCUT2D eigenvalue weighted by Crippen LogP contribution is 2.31. The number of hydrogen-bond donors (Lipinski definition) is 2. The SMILES string of the molecule is Cc1ncc(CNC(=O)c2n[nH]c3c2CCCC3)c([C@@H]2CCCN2C)n1. The number of carbonyl (C=O) groups is 1. The van der Waals surface area contributed by atoms with E-state index < -0.39 is 0 Å². The average Bonchev–Trinajstić information content (AvgIpc) is 3.26. The molecule has 4 rings (SSSR count). The fourth-order valence-corrected chi connectivity index (χ4v) is 4.12. The predicted octanol–water partition coefficient (Wildman–Crippen LogP) is 2.08. The number of nitrogens with one attached hydrogen (secondary N) is 2. The van der Waals surface area contributed by atoms with E-state index in [9.17, 15) is 4.79 Å². The summed E-state index contributed by atoms with van der Waals surface area (Å²) >= 11 is 0. The lowest BCUT2D eigenvalue weighted by Crippen LogP contribution is -2.27. The number of H-pyrrole nitrogens is 1. The highest BCUT2D eigenvalue weighted by Gasteiger charge is 2.27. The van der Waals surface area contributed by atoms with Gasteiger partial charge in [0.25, 0.3) is 5.91 Å². The van der Waals surface area contributed by atoms with E-state index in [4.69, 9.17) is 4.98 Å². The largest absolute Gasteiger partial charge is 0.346 e. The van der Waals surface area contributed by atoms with Crippen molar-refractivity contribution in [3.63, 3.8) is 0 Å². The standard InChI is InChI=1S/C19H26N6O/c1-12-20-10-13(17(22-12)16-8-5-9-25(16)2)11-21-19(26)18-14-6-3-4-7-15(14)23-24-18/h10,16H,3-9,11H2,1-2H3,(H,21,26)(H,23,24)/t16-/m0/s1. The summed E-state index contributed by atoms with van der Waals surface area (Å²) in [5.41, 5.74) is 4.79. The number of rotatable bonds is 4. The fourth-order valence-electron chi connectivity index (χ4n) is 4.12. The second-order valence-electron chi connectivity index (χ2n) is 7.39. The molecule has 1 aliphatic heterocycles. The van der Waals surface area contributed by atoms with E-state index in [1.165, 1.54) is 6.42 Å². The Morgan fingerprint density at radius 3 is 3.00 bits per heavy atom. The van der Waals surface area contributed by atoms with Crippen LogP contribution in [0.3, 0.4) is 0 Å². The van der Waals surface area contributed by atoms with Crippen molar-refractivity contribution >= 4 is 5.91 Å². The summed E-state index contributed by atoms with van der Waals surface area (Å²) in [6.07, 6.45) is 8.33. The molecule has 26 heavy (non-hydrogen) atoms. The predicted molar refractivity (Wildman–Crippen MR) is 97.8 cm³/mol. The number of carbonyl (C=O) groups excluding carboxylic acids is 1. The van der Waals surface area contributed by atoms with Crippen molar-refractivity contribution in [1.82, 2.24) is 30.4 Å². The van der Waals surface area contributed by atoms with Gasteiger partial charge in [0.2, 0.25) is 0 Å². The maximum atomic E-state index is 12.7. The Balaban J connectivity index is 1.51. The van der Waals surface area contributed by atoms with Crippen molar-refractivity contribution < 1.29 is 4.79 Å². The molecular formula is C19H26N6O. The molecule has 0 spiro atoms. The van der Waals surface area contributed by atoms with Crippen molar-refractivity contribution in [3.05, 3.63) is 40.2 Å². The lowest BCUT2D eigenvalue weighted by molar-refractivity contribution is 0.0944. The Morgan fingerprint density at radius 2 is 2.19 bits per heavy atom. The van der Waals surface area contributed by atoms with E-state index in [-0.39, 0.29) is 5.91 Å². The molecule has 2 aromatic heterocycles. The Hall–Kier alpha value is -2.28. The number of aromatic amines is 1. The zero-order valence-electron chi connectivity index (χ0n) is 15.5. The lowest BCUT2D eigenvalue weighted by atomic mass is 9.96. The van der Waals surface area contributed by atoms with E-state index in [0.29, 0.717) is 18.3 Å². The maximum absolute atomic E-state index is 12.7. The zero-order valence-corrected chi connectivity index (χ0v) is 15.5. The van der Waals surface area contributed by atoms with Crippen LogP contribution in [0.5, 0.6) is 0 Å². The van der Waals surface area contributed by atoms with Gasteiger partial charge >= 0.3 is 0 Å². The molecule has 2 aromatic rings. The van der Waals surface area contributed by atoms with Crippen LogP contribution in [0.4, 0.5) is 0 Å². The minimum atomic E-state index is -0.115. The first-order valence-electron chi connectivity index (χ1n) is 9.50. The second-order valence-corrected chi connectivity index (χ2v) is 7.39. The molecule has 0 saturated carbocycles. The molecule has 3 heterocycles. The van der Waals surface area contributed by atoms with Gasteiger partial charge in [0.15, 0.2) is 5.69 Å². The Labute approximate surface area is 153 Å². The number of nitrogens with zero attached hydrogens (tertiary/aromatic N) is 4. The molecule has 0 aromatic carbocycles.